The quantitative estimate of drug-likeness (QED) is 0.835. The molecule has 6 nitrogen and oxygen atoms in total. The van der Waals surface area contributed by atoms with Crippen LogP contribution in [-0.4, -0.2) is 34.2 Å². The Bertz CT molecular complexity index is 711. The largest absolute Gasteiger partial charge is 0.370 e. The van der Waals surface area contributed by atoms with Gasteiger partial charge in [0.1, 0.15) is 24.1 Å². The van der Waals surface area contributed by atoms with Crippen molar-refractivity contribution in [1.82, 2.24) is 20.5 Å². The summed E-state index contributed by atoms with van der Waals surface area (Å²) in [6.45, 7) is 0.734. The molecule has 0 aliphatic carbocycles. The normalized spacial score (nSPS) is 20.7. The van der Waals surface area contributed by atoms with E-state index in [-0.39, 0.29) is 18.6 Å². The monoisotopic (exact) mass is 342 g/mol. The maximum absolute atomic E-state index is 13.7. The number of hydrogen-bond acceptors (Lipinski definition) is 4. The summed E-state index contributed by atoms with van der Waals surface area (Å²) in [5.74, 6) is -1.97. The van der Waals surface area contributed by atoms with Gasteiger partial charge in [-0.2, -0.15) is 5.10 Å². The lowest BCUT2D eigenvalue weighted by Gasteiger charge is -2.17. The number of benzene rings is 1. The van der Waals surface area contributed by atoms with Crippen LogP contribution < -0.4 is 5.32 Å². The van der Waals surface area contributed by atoms with Crippen molar-refractivity contribution in [2.75, 3.05) is 13.2 Å². The van der Waals surface area contributed by atoms with E-state index in [2.05, 4.69) is 20.5 Å². The number of aromatic amines is 1. The van der Waals surface area contributed by atoms with Gasteiger partial charge in [-0.1, -0.05) is 11.6 Å². The van der Waals surface area contributed by atoms with E-state index in [1.807, 2.05) is 0 Å². The van der Waals surface area contributed by atoms with Gasteiger partial charge in [-0.3, -0.25) is 9.89 Å². The highest BCUT2D eigenvalue weighted by Crippen LogP contribution is 2.32. The number of H-pyrrole nitrogens is 1. The summed E-state index contributed by atoms with van der Waals surface area (Å²) in [5.41, 5.74) is -0.498. The van der Waals surface area contributed by atoms with Crippen LogP contribution in [0, 0.1) is 17.6 Å². The van der Waals surface area contributed by atoms with Crippen molar-refractivity contribution in [1.29, 1.82) is 0 Å². The smallest absolute Gasteiger partial charge is 0.255 e. The van der Waals surface area contributed by atoms with Gasteiger partial charge in [0.25, 0.3) is 5.91 Å². The molecule has 0 spiro atoms. The van der Waals surface area contributed by atoms with E-state index < -0.39 is 28.1 Å². The van der Waals surface area contributed by atoms with E-state index in [9.17, 15) is 13.6 Å². The van der Waals surface area contributed by atoms with Crippen LogP contribution in [0.3, 0.4) is 0 Å². The molecular weight excluding hydrogens is 330 g/mol. The van der Waals surface area contributed by atoms with Crippen LogP contribution in [0.2, 0.25) is 5.02 Å². The molecule has 9 heteroatoms. The van der Waals surface area contributed by atoms with E-state index >= 15 is 0 Å². The van der Waals surface area contributed by atoms with Crippen molar-refractivity contribution >= 4 is 17.5 Å². The summed E-state index contributed by atoms with van der Waals surface area (Å²) in [4.78, 5) is 16.1. The first-order valence-electron chi connectivity index (χ1n) is 6.96. The van der Waals surface area contributed by atoms with E-state index in [0.717, 1.165) is 12.1 Å². The zero-order valence-electron chi connectivity index (χ0n) is 11.9. The minimum Gasteiger partial charge on any atom is -0.370 e. The number of hydrogen-bond donors (Lipinski definition) is 2. The molecule has 1 aromatic carbocycles. The summed E-state index contributed by atoms with van der Waals surface area (Å²) in [6.07, 6.45) is 1.74. The van der Waals surface area contributed by atoms with Crippen LogP contribution in [-0.2, 0) is 4.74 Å². The lowest BCUT2D eigenvalue weighted by atomic mass is 10.0. The highest BCUT2D eigenvalue weighted by atomic mass is 35.5. The molecule has 122 valence electrons. The first-order chi connectivity index (χ1) is 11.1. The average Bonchev–Trinajstić information content (AvgIpc) is 3.19. The molecule has 1 saturated heterocycles. The molecule has 0 radical (unpaired) electrons. The third kappa shape index (κ3) is 3.18. The highest BCUT2D eigenvalue weighted by Gasteiger charge is 2.32. The number of carbonyl (C=O) groups excluding carboxylic acids is 1. The fourth-order valence-electron chi connectivity index (χ4n) is 2.54. The Labute approximate surface area is 135 Å². The van der Waals surface area contributed by atoms with E-state index in [0.29, 0.717) is 18.9 Å². The van der Waals surface area contributed by atoms with Crippen LogP contribution in [0.1, 0.15) is 28.7 Å². The molecule has 0 saturated carbocycles. The van der Waals surface area contributed by atoms with Crippen molar-refractivity contribution < 1.29 is 18.3 Å². The second-order valence-corrected chi connectivity index (χ2v) is 5.52. The first kappa shape index (κ1) is 15.8. The zero-order valence-corrected chi connectivity index (χ0v) is 12.6. The molecule has 2 aromatic rings. The molecule has 0 bridgehead atoms. The zero-order chi connectivity index (χ0) is 16.4. The molecule has 3 rings (SSSR count). The third-order valence-corrected chi connectivity index (χ3v) is 4.08. The van der Waals surface area contributed by atoms with Crippen LogP contribution in [0.5, 0.6) is 0 Å². The maximum atomic E-state index is 13.7. The number of ether oxygens (including phenoxy) is 1. The van der Waals surface area contributed by atoms with Gasteiger partial charge in [-0.25, -0.2) is 13.8 Å². The Morgan fingerprint density at radius 1 is 1.43 bits per heavy atom. The molecular formula is C14H13ClF2N4O2. The minimum absolute atomic E-state index is 0.0534. The Hall–Kier alpha value is -2.06. The molecule has 23 heavy (non-hydrogen) atoms. The molecule has 1 amide bonds. The van der Waals surface area contributed by atoms with E-state index in [4.69, 9.17) is 16.3 Å². The molecule has 1 aliphatic heterocycles. The summed E-state index contributed by atoms with van der Waals surface area (Å²) in [6, 6.07) is 1.74. The molecule has 2 heterocycles. The molecule has 2 N–H and O–H groups in total. The number of halogens is 3. The predicted molar refractivity (Wildman–Crippen MR) is 76.9 cm³/mol. The molecule has 1 aliphatic rings. The Morgan fingerprint density at radius 3 is 2.96 bits per heavy atom. The average molecular weight is 343 g/mol. The molecule has 1 fully saturated rings. The van der Waals surface area contributed by atoms with E-state index in [1.54, 1.807) is 0 Å². The number of amides is 1. The fourth-order valence-corrected chi connectivity index (χ4v) is 2.78. The second-order valence-electron chi connectivity index (χ2n) is 5.14. The van der Waals surface area contributed by atoms with Crippen molar-refractivity contribution in [2.45, 2.75) is 12.5 Å². The summed E-state index contributed by atoms with van der Waals surface area (Å²) < 4.78 is 32.7. The van der Waals surface area contributed by atoms with Crippen LogP contribution in [0.4, 0.5) is 8.78 Å². The molecule has 0 unspecified atom stereocenters. The van der Waals surface area contributed by atoms with Crippen molar-refractivity contribution in [3.8, 4) is 0 Å². The highest BCUT2D eigenvalue weighted by molar-refractivity contribution is 6.34. The second kappa shape index (κ2) is 6.59. The van der Waals surface area contributed by atoms with Crippen LogP contribution in [0.15, 0.2) is 18.5 Å². The summed E-state index contributed by atoms with van der Waals surface area (Å²) >= 11 is 5.67. The first-order valence-corrected chi connectivity index (χ1v) is 7.34. The van der Waals surface area contributed by atoms with Crippen LogP contribution >= 0.6 is 11.6 Å². The summed E-state index contributed by atoms with van der Waals surface area (Å²) in [5, 5.41) is 8.53. The lowest BCUT2D eigenvalue weighted by Crippen LogP contribution is -2.31. The van der Waals surface area contributed by atoms with Gasteiger partial charge in [-0.15, -0.1) is 0 Å². The SMILES string of the molecule is O=C(NC[C@@H]1CCO[C@@H]1c1ncn[nH]1)c1c(F)ccc(F)c1Cl. The van der Waals surface area contributed by atoms with Crippen molar-refractivity contribution in [3.05, 3.63) is 46.5 Å². The number of aromatic nitrogens is 3. The van der Waals surface area contributed by atoms with Crippen LogP contribution in [0.25, 0.3) is 0 Å². The fraction of sp³-hybridized carbons (Fsp3) is 0.357. The third-order valence-electron chi connectivity index (χ3n) is 3.71. The standard InChI is InChI=1S/C14H13ClF2N4O2/c15-11-9(17)2-1-8(16)10(11)14(22)18-5-7-3-4-23-12(7)13-19-6-20-21-13/h1-2,6-7,12H,3-5H2,(H,18,22)(H,19,20,21)/t7-,12-/m0/s1. The van der Waals surface area contributed by atoms with Gasteiger partial charge in [0, 0.05) is 19.1 Å². The number of carbonyl (C=O) groups is 1. The van der Waals surface area contributed by atoms with Gasteiger partial charge in [0.2, 0.25) is 0 Å². The predicted octanol–water partition coefficient (Wildman–Crippen LogP) is 2.24. The Balaban J connectivity index is 1.69. The van der Waals surface area contributed by atoms with Gasteiger partial charge < -0.3 is 10.1 Å². The minimum atomic E-state index is -0.872. The maximum Gasteiger partial charge on any atom is 0.255 e. The Kier molecular flexibility index (Phi) is 4.53. The molecule has 1 aromatic heterocycles. The van der Waals surface area contributed by atoms with Gasteiger partial charge in [0.05, 0.1) is 10.6 Å². The number of rotatable bonds is 4. The van der Waals surface area contributed by atoms with Crippen molar-refractivity contribution in [3.63, 3.8) is 0 Å². The lowest BCUT2D eigenvalue weighted by molar-refractivity contribution is 0.0797. The Morgan fingerprint density at radius 2 is 2.22 bits per heavy atom. The van der Waals surface area contributed by atoms with Gasteiger partial charge >= 0.3 is 0 Å². The summed E-state index contributed by atoms with van der Waals surface area (Å²) in [7, 11) is 0. The number of nitrogens with zero attached hydrogens (tertiary/aromatic N) is 2. The van der Waals surface area contributed by atoms with E-state index in [1.165, 1.54) is 6.33 Å². The number of nitrogens with one attached hydrogen (secondary N) is 2. The topological polar surface area (TPSA) is 79.9 Å². The van der Waals surface area contributed by atoms with Gasteiger partial charge in [-0.05, 0) is 18.6 Å². The van der Waals surface area contributed by atoms with Crippen molar-refractivity contribution in [2.24, 2.45) is 5.92 Å². The van der Waals surface area contributed by atoms with Gasteiger partial charge in [0.15, 0.2) is 5.82 Å². The molecule has 2 atom stereocenters.